The molecule has 2 aliphatic carbocycles. The van der Waals surface area contributed by atoms with Crippen LogP contribution in [0.15, 0.2) is 71.1 Å². The topological polar surface area (TPSA) is 88.2 Å². The zero-order chi connectivity index (χ0) is 29.6. The largest absolute Gasteiger partial charge is 0.349 e. The summed E-state index contributed by atoms with van der Waals surface area (Å²) < 4.78 is 1.74. The Morgan fingerprint density at radius 1 is 0.791 bits per heavy atom. The Labute approximate surface area is 261 Å². The third kappa shape index (κ3) is 7.36. The number of ketones is 1. The number of nitrogens with zero attached hydrogens (tertiary/aromatic N) is 1. The molecule has 4 aromatic rings. The molecule has 2 aliphatic rings. The minimum Gasteiger partial charge on any atom is -0.349 e. The maximum absolute atomic E-state index is 13.3. The fourth-order valence-electron chi connectivity index (χ4n) is 6.22. The molecule has 2 saturated carbocycles. The highest BCUT2D eigenvalue weighted by molar-refractivity contribution is 8.01. The Morgan fingerprint density at radius 3 is 2.19 bits per heavy atom. The smallest absolute Gasteiger partial charge is 0.256 e. The lowest BCUT2D eigenvalue weighted by atomic mass is 9.84. The van der Waals surface area contributed by atoms with Gasteiger partial charge in [-0.15, -0.1) is 11.3 Å². The monoisotopic (exact) mass is 611 g/mol. The first-order valence-corrected chi connectivity index (χ1v) is 17.2. The summed E-state index contributed by atoms with van der Waals surface area (Å²) in [7, 11) is 0. The van der Waals surface area contributed by atoms with Crippen LogP contribution in [-0.4, -0.2) is 34.4 Å². The van der Waals surface area contributed by atoms with E-state index in [1.807, 2.05) is 30.3 Å². The first-order chi connectivity index (χ1) is 21.0. The van der Waals surface area contributed by atoms with Gasteiger partial charge in [0.15, 0.2) is 10.1 Å². The zero-order valence-electron chi connectivity index (χ0n) is 24.3. The molecule has 6 nitrogen and oxygen atoms in total. The van der Waals surface area contributed by atoms with Gasteiger partial charge in [-0.2, -0.15) is 0 Å². The van der Waals surface area contributed by atoms with Gasteiger partial charge in [0, 0.05) is 17.3 Å². The molecule has 43 heavy (non-hydrogen) atoms. The van der Waals surface area contributed by atoms with Gasteiger partial charge in [-0.3, -0.25) is 14.4 Å². The van der Waals surface area contributed by atoms with Crippen molar-refractivity contribution in [3.05, 3.63) is 89.0 Å². The van der Waals surface area contributed by atoms with Crippen molar-refractivity contribution < 1.29 is 14.4 Å². The summed E-state index contributed by atoms with van der Waals surface area (Å²) >= 11 is 2.95. The van der Waals surface area contributed by atoms with Crippen molar-refractivity contribution in [1.29, 1.82) is 0 Å². The van der Waals surface area contributed by atoms with Gasteiger partial charge < -0.3 is 10.6 Å². The lowest BCUT2D eigenvalue weighted by Gasteiger charge is -2.23. The summed E-state index contributed by atoms with van der Waals surface area (Å²) in [5.74, 6) is 0.523. The van der Waals surface area contributed by atoms with Crippen LogP contribution in [0.3, 0.4) is 0 Å². The van der Waals surface area contributed by atoms with E-state index in [1.54, 1.807) is 24.3 Å². The average molecular weight is 612 g/mol. The molecule has 2 fully saturated rings. The molecule has 222 valence electrons. The van der Waals surface area contributed by atoms with Gasteiger partial charge in [0.25, 0.3) is 11.8 Å². The molecule has 0 aliphatic heterocycles. The fraction of sp³-hybridized carbons (Fsp3) is 0.371. The molecule has 2 amide bonds. The van der Waals surface area contributed by atoms with Crippen molar-refractivity contribution in [3.63, 3.8) is 0 Å². The average Bonchev–Trinajstić information content (AvgIpc) is 3.47. The van der Waals surface area contributed by atoms with Crippen molar-refractivity contribution in [3.8, 4) is 0 Å². The molecular formula is C35H37N3O3S2. The number of carbonyl (C=O) groups excluding carboxylic acids is 3. The number of carbonyl (C=O) groups is 3. The standard InChI is InChI=1S/C35H37N3O3S2/c39-31(25-17-15-24(16-18-25)23-9-3-1-4-10-23)22-42-35-38-30-20-19-27(21-32(30)43-35)37-34(41)29-14-8-7-13-28(29)33(40)36-26-11-5-2-6-12-26/h7-8,13-21,23,26H,1-6,9-12,22H2,(H,36,40)(H,37,41). The van der Waals surface area contributed by atoms with Gasteiger partial charge >= 0.3 is 0 Å². The molecule has 0 radical (unpaired) electrons. The van der Waals surface area contributed by atoms with Crippen molar-refractivity contribution in [2.75, 3.05) is 11.1 Å². The van der Waals surface area contributed by atoms with E-state index in [0.717, 1.165) is 45.8 Å². The first kappa shape index (κ1) is 29.6. The molecule has 0 spiro atoms. The Hall–Kier alpha value is -3.49. The Morgan fingerprint density at radius 2 is 1.47 bits per heavy atom. The molecule has 1 aromatic heterocycles. The normalized spacial score (nSPS) is 16.2. The lowest BCUT2D eigenvalue weighted by molar-refractivity contribution is 0.0917. The van der Waals surface area contributed by atoms with E-state index >= 15 is 0 Å². The minimum absolute atomic E-state index is 0.0959. The number of thioether (sulfide) groups is 1. The first-order valence-electron chi connectivity index (χ1n) is 15.4. The second-order valence-electron chi connectivity index (χ2n) is 11.6. The number of rotatable bonds is 9. The molecular weight excluding hydrogens is 575 g/mol. The van der Waals surface area contributed by atoms with Crippen LogP contribution in [0.25, 0.3) is 10.2 Å². The van der Waals surface area contributed by atoms with Gasteiger partial charge in [0.1, 0.15) is 0 Å². The van der Waals surface area contributed by atoms with Crippen LogP contribution in [0.2, 0.25) is 0 Å². The summed E-state index contributed by atoms with van der Waals surface area (Å²) in [6, 6.07) is 20.9. The van der Waals surface area contributed by atoms with Gasteiger partial charge in [0.05, 0.1) is 27.1 Å². The van der Waals surface area contributed by atoms with Gasteiger partial charge in [-0.05, 0) is 67.5 Å². The van der Waals surface area contributed by atoms with E-state index in [0.29, 0.717) is 28.5 Å². The summed E-state index contributed by atoms with van der Waals surface area (Å²) in [6.07, 6.45) is 11.8. The summed E-state index contributed by atoms with van der Waals surface area (Å²) in [5, 5.41) is 6.07. The highest BCUT2D eigenvalue weighted by Crippen LogP contribution is 2.34. The van der Waals surface area contributed by atoms with Crippen LogP contribution in [-0.2, 0) is 0 Å². The molecule has 3 aromatic carbocycles. The van der Waals surface area contributed by atoms with E-state index in [2.05, 4.69) is 27.8 Å². The van der Waals surface area contributed by atoms with Crippen LogP contribution in [0, 0.1) is 0 Å². The SMILES string of the molecule is O=C(CSc1nc2ccc(NC(=O)c3ccccc3C(=O)NC3CCCCC3)cc2s1)c1ccc(C2CCCCC2)cc1. The molecule has 0 atom stereocenters. The predicted molar refractivity (Wildman–Crippen MR) is 176 cm³/mol. The third-order valence-corrected chi connectivity index (χ3v) is 10.8. The number of amides is 2. The Balaban J connectivity index is 1.07. The maximum Gasteiger partial charge on any atom is 0.256 e. The number of Topliss-reactive ketones (excluding diaryl/α,β-unsaturated/α-hetero) is 1. The molecule has 2 N–H and O–H groups in total. The van der Waals surface area contributed by atoms with E-state index in [-0.39, 0.29) is 23.6 Å². The molecule has 0 saturated heterocycles. The van der Waals surface area contributed by atoms with Crippen molar-refractivity contribution in [2.45, 2.75) is 80.5 Å². The van der Waals surface area contributed by atoms with Crippen LogP contribution in [0.4, 0.5) is 5.69 Å². The van der Waals surface area contributed by atoms with Crippen LogP contribution in [0.5, 0.6) is 0 Å². The van der Waals surface area contributed by atoms with Crippen LogP contribution in [0.1, 0.15) is 107 Å². The Kier molecular flexibility index (Phi) is 9.54. The third-order valence-electron chi connectivity index (χ3n) is 8.62. The lowest BCUT2D eigenvalue weighted by Crippen LogP contribution is -2.37. The molecule has 1 heterocycles. The second kappa shape index (κ2) is 13.9. The van der Waals surface area contributed by atoms with E-state index in [4.69, 9.17) is 0 Å². The second-order valence-corrected chi connectivity index (χ2v) is 13.9. The summed E-state index contributed by atoms with van der Waals surface area (Å²) in [4.78, 5) is 43.9. The van der Waals surface area contributed by atoms with Gasteiger partial charge in [-0.1, -0.05) is 86.7 Å². The molecule has 6 rings (SSSR count). The number of nitrogens with one attached hydrogen (secondary N) is 2. The van der Waals surface area contributed by atoms with Crippen molar-refractivity contribution in [2.24, 2.45) is 0 Å². The number of fused-ring (bicyclic) bond motifs is 1. The summed E-state index contributed by atoms with van der Waals surface area (Å²) in [6.45, 7) is 0. The van der Waals surface area contributed by atoms with Crippen molar-refractivity contribution in [1.82, 2.24) is 10.3 Å². The maximum atomic E-state index is 13.3. The number of hydrogen-bond acceptors (Lipinski definition) is 6. The summed E-state index contributed by atoms with van der Waals surface area (Å²) in [5.41, 5.74) is 4.28. The number of thiazole rings is 1. The van der Waals surface area contributed by atoms with E-state index in [9.17, 15) is 14.4 Å². The molecule has 8 heteroatoms. The fourth-order valence-corrected chi connectivity index (χ4v) is 8.22. The molecule has 0 unspecified atom stereocenters. The highest BCUT2D eigenvalue weighted by Gasteiger charge is 2.21. The van der Waals surface area contributed by atoms with E-state index in [1.165, 1.54) is 67.2 Å². The highest BCUT2D eigenvalue weighted by atomic mass is 32.2. The Bertz CT molecular complexity index is 1600. The van der Waals surface area contributed by atoms with Gasteiger partial charge in [-0.25, -0.2) is 4.98 Å². The number of anilines is 1. The van der Waals surface area contributed by atoms with Gasteiger partial charge in [0.2, 0.25) is 0 Å². The predicted octanol–water partition coefficient (Wildman–Crippen LogP) is 8.63. The van der Waals surface area contributed by atoms with Crippen LogP contribution >= 0.6 is 23.1 Å². The zero-order valence-corrected chi connectivity index (χ0v) is 25.9. The molecule has 0 bridgehead atoms. The van der Waals surface area contributed by atoms with Crippen molar-refractivity contribution >= 4 is 56.6 Å². The minimum atomic E-state index is -0.326. The van der Waals surface area contributed by atoms with E-state index < -0.39 is 0 Å². The van der Waals surface area contributed by atoms with Crippen LogP contribution < -0.4 is 10.6 Å². The quantitative estimate of drug-likeness (QED) is 0.146. The number of hydrogen-bond donors (Lipinski definition) is 2. The number of aromatic nitrogens is 1. The number of benzene rings is 3.